The van der Waals surface area contributed by atoms with Gasteiger partial charge in [0, 0.05) is 24.8 Å². The molecular weight excluding hydrogens is 250 g/mol. The Morgan fingerprint density at radius 3 is 2.67 bits per heavy atom. The summed E-state index contributed by atoms with van der Waals surface area (Å²) >= 11 is 4.76. The van der Waals surface area contributed by atoms with Gasteiger partial charge >= 0.3 is 0 Å². The Labute approximate surface area is 111 Å². The molecule has 4 nitrogen and oxygen atoms in total. The lowest BCUT2D eigenvalue weighted by Gasteiger charge is -2.08. The third kappa shape index (κ3) is 3.20. The normalized spacial score (nSPS) is 13.8. The van der Waals surface area contributed by atoms with Crippen LogP contribution in [0.3, 0.4) is 0 Å². The van der Waals surface area contributed by atoms with Crippen molar-refractivity contribution < 1.29 is 14.3 Å². The molecule has 0 saturated carbocycles. The van der Waals surface area contributed by atoms with E-state index in [0.717, 1.165) is 6.42 Å². The Morgan fingerprint density at radius 2 is 1.94 bits per heavy atom. The van der Waals surface area contributed by atoms with Gasteiger partial charge in [-0.2, -0.15) is 0 Å². The molecule has 0 atom stereocenters. The SMILES string of the molecule is NC(=S)CCC(=O)c1ccc2c(c1)OCCCO2. The van der Waals surface area contributed by atoms with Crippen molar-refractivity contribution in [2.24, 2.45) is 5.73 Å². The first-order valence-electron chi connectivity index (χ1n) is 5.88. The molecule has 0 amide bonds. The Kier molecular flexibility index (Phi) is 4.15. The van der Waals surface area contributed by atoms with Gasteiger partial charge in [-0.25, -0.2) is 0 Å². The second kappa shape index (κ2) is 5.82. The van der Waals surface area contributed by atoms with Gasteiger partial charge in [-0.15, -0.1) is 0 Å². The summed E-state index contributed by atoms with van der Waals surface area (Å²) in [6.07, 6.45) is 1.61. The third-order valence-electron chi connectivity index (χ3n) is 2.67. The van der Waals surface area contributed by atoms with Crippen LogP contribution in [0.5, 0.6) is 11.5 Å². The van der Waals surface area contributed by atoms with Crippen LogP contribution < -0.4 is 15.2 Å². The van der Waals surface area contributed by atoms with Crippen LogP contribution in [0.4, 0.5) is 0 Å². The predicted octanol–water partition coefficient (Wildman–Crippen LogP) is 2.10. The maximum absolute atomic E-state index is 11.9. The highest BCUT2D eigenvalue weighted by molar-refractivity contribution is 7.80. The van der Waals surface area contributed by atoms with Gasteiger partial charge in [-0.3, -0.25) is 4.79 Å². The molecule has 0 spiro atoms. The predicted molar refractivity (Wildman–Crippen MR) is 72.4 cm³/mol. The second-order valence-electron chi connectivity index (χ2n) is 4.10. The van der Waals surface area contributed by atoms with Crippen LogP contribution in [0.2, 0.25) is 0 Å². The molecule has 2 rings (SSSR count). The van der Waals surface area contributed by atoms with E-state index in [-0.39, 0.29) is 5.78 Å². The highest BCUT2D eigenvalue weighted by Gasteiger charge is 2.14. The summed E-state index contributed by atoms with van der Waals surface area (Å²) in [6.45, 7) is 1.25. The lowest BCUT2D eigenvalue weighted by molar-refractivity contribution is 0.0984. The van der Waals surface area contributed by atoms with Crippen molar-refractivity contribution >= 4 is 23.0 Å². The minimum absolute atomic E-state index is 0.0125. The van der Waals surface area contributed by atoms with Gasteiger partial charge in [0.25, 0.3) is 0 Å². The molecule has 18 heavy (non-hydrogen) atoms. The minimum atomic E-state index is 0.0125. The largest absolute Gasteiger partial charge is 0.490 e. The van der Waals surface area contributed by atoms with Crippen molar-refractivity contribution in [3.05, 3.63) is 23.8 Å². The van der Waals surface area contributed by atoms with Crippen LogP contribution in [0.25, 0.3) is 0 Å². The molecule has 1 aromatic carbocycles. The molecule has 0 saturated heterocycles. The van der Waals surface area contributed by atoms with Gasteiger partial charge in [-0.1, -0.05) is 12.2 Å². The molecule has 1 aliphatic rings. The number of carbonyl (C=O) groups is 1. The van der Waals surface area contributed by atoms with Crippen molar-refractivity contribution in [2.45, 2.75) is 19.3 Å². The Bertz CT molecular complexity index is 473. The van der Waals surface area contributed by atoms with E-state index in [1.807, 2.05) is 0 Å². The molecule has 0 unspecified atom stereocenters. The molecule has 5 heteroatoms. The van der Waals surface area contributed by atoms with Crippen molar-refractivity contribution in [3.8, 4) is 11.5 Å². The number of ketones is 1. The molecule has 96 valence electrons. The number of rotatable bonds is 4. The summed E-state index contributed by atoms with van der Waals surface area (Å²) in [5.74, 6) is 1.34. The zero-order valence-electron chi connectivity index (χ0n) is 9.98. The average molecular weight is 265 g/mol. The molecule has 1 aromatic rings. The molecule has 0 aliphatic carbocycles. The van der Waals surface area contributed by atoms with Gasteiger partial charge in [0.2, 0.25) is 0 Å². The number of carbonyl (C=O) groups excluding carboxylic acids is 1. The average Bonchev–Trinajstić information content (AvgIpc) is 2.60. The topological polar surface area (TPSA) is 61.6 Å². The lowest BCUT2D eigenvalue weighted by atomic mass is 10.1. The standard InChI is InChI=1S/C13H15NO3S/c14-13(18)5-3-10(15)9-2-4-11-12(8-9)17-7-1-6-16-11/h2,4,8H,1,3,5-7H2,(H2,14,18). The first-order valence-corrected chi connectivity index (χ1v) is 6.29. The van der Waals surface area contributed by atoms with Crippen LogP contribution >= 0.6 is 12.2 Å². The highest BCUT2D eigenvalue weighted by Crippen LogP contribution is 2.30. The molecule has 0 radical (unpaired) electrons. The van der Waals surface area contributed by atoms with Crippen molar-refractivity contribution in [2.75, 3.05) is 13.2 Å². The maximum Gasteiger partial charge on any atom is 0.163 e. The number of benzene rings is 1. The highest BCUT2D eigenvalue weighted by atomic mass is 32.1. The van der Waals surface area contributed by atoms with E-state index < -0.39 is 0 Å². The number of fused-ring (bicyclic) bond motifs is 1. The van der Waals surface area contributed by atoms with E-state index in [9.17, 15) is 4.79 Å². The quantitative estimate of drug-likeness (QED) is 0.667. The summed E-state index contributed by atoms with van der Waals surface area (Å²) < 4.78 is 11.0. The number of nitrogens with two attached hydrogens (primary N) is 1. The van der Waals surface area contributed by atoms with Crippen LogP contribution in [0.1, 0.15) is 29.6 Å². The van der Waals surface area contributed by atoms with Crippen LogP contribution in [0, 0.1) is 0 Å². The Morgan fingerprint density at radius 1 is 1.22 bits per heavy atom. The van der Waals surface area contributed by atoms with Crippen molar-refractivity contribution in [1.29, 1.82) is 0 Å². The number of ether oxygens (including phenoxy) is 2. The van der Waals surface area contributed by atoms with Gasteiger partial charge in [0.1, 0.15) is 0 Å². The van der Waals surface area contributed by atoms with Gasteiger partial charge in [0.15, 0.2) is 17.3 Å². The maximum atomic E-state index is 11.9. The monoisotopic (exact) mass is 265 g/mol. The van der Waals surface area contributed by atoms with Crippen LogP contribution in [0.15, 0.2) is 18.2 Å². The summed E-state index contributed by atoms with van der Waals surface area (Å²) in [7, 11) is 0. The molecule has 1 heterocycles. The molecule has 0 aromatic heterocycles. The zero-order valence-corrected chi connectivity index (χ0v) is 10.8. The molecule has 1 aliphatic heterocycles. The van der Waals surface area contributed by atoms with E-state index in [0.29, 0.717) is 48.1 Å². The van der Waals surface area contributed by atoms with Gasteiger partial charge in [-0.05, 0) is 18.2 Å². The third-order valence-corrected chi connectivity index (χ3v) is 2.87. The number of hydrogen-bond donors (Lipinski definition) is 1. The number of hydrogen-bond acceptors (Lipinski definition) is 4. The fourth-order valence-corrected chi connectivity index (χ4v) is 1.82. The molecule has 0 fully saturated rings. The summed E-state index contributed by atoms with van der Waals surface area (Å²) in [5.41, 5.74) is 5.99. The number of Topliss-reactive ketones (excluding diaryl/α,β-unsaturated/α-hetero) is 1. The minimum Gasteiger partial charge on any atom is -0.490 e. The summed E-state index contributed by atoms with van der Waals surface area (Å²) in [4.78, 5) is 12.3. The number of thiocarbonyl (C=S) groups is 1. The van der Waals surface area contributed by atoms with E-state index in [4.69, 9.17) is 27.4 Å². The van der Waals surface area contributed by atoms with Gasteiger partial charge < -0.3 is 15.2 Å². The van der Waals surface area contributed by atoms with E-state index in [2.05, 4.69) is 0 Å². The van der Waals surface area contributed by atoms with Crippen LogP contribution in [-0.2, 0) is 0 Å². The molecular formula is C13H15NO3S. The van der Waals surface area contributed by atoms with E-state index >= 15 is 0 Å². The van der Waals surface area contributed by atoms with Gasteiger partial charge in [0.05, 0.1) is 18.2 Å². The summed E-state index contributed by atoms with van der Waals surface area (Å²) in [5, 5.41) is 0. The fraction of sp³-hybridized carbons (Fsp3) is 0.385. The second-order valence-corrected chi connectivity index (χ2v) is 4.63. The fourth-order valence-electron chi connectivity index (χ4n) is 1.72. The smallest absolute Gasteiger partial charge is 0.163 e. The first kappa shape index (κ1) is 12.8. The van der Waals surface area contributed by atoms with E-state index in [1.165, 1.54) is 0 Å². The van der Waals surface area contributed by atoms with E-state index in [1.54, 1.807) is 18.2 Å². The van der Waals surface area contributed by atoms with Crippen LogP contribution in [-0.4, -0.2) is 24.0 Å². The molecule has 0 bridgehead atoms. The lowest BCUT2D eigenvalue weighted by Crippen LogP contribution is -2.10. The summed E-state index contributed by atoms with van der Waals surface area (Å²) in [6, 6.07) is 5.24. The Balaban J connectivity index is 2.12. The molecule has 2 N–H and O–H groups in total. The first-order chi connectivity index (χ1) is 8.66. The van der Waals surface area contributed by atoms with Crippen molar-refractivity contribution in [1.82, 2.24) is 0 Å². The Hall–Kier alpha value is -1.62. The zero-order chi connectivity index (χ0) is 13.0. The van der Waals surface area contributed by atoms with Crippen molar-refractivity contribution in [3.63, 3.8) is 0 Å².